The van der Waals surface area contributed by atoms with E-state index in [2.05, 4.69) is 5.32 Å². The number of nitrogens with one attached hydrogen (secondary N) is 1. The van der Waals surface area contributed by atoms with Crippen LogP contribution in [-0.4, -0.2) is 19.8 Å². The molecule has 1 N–H and O–H groups in total. The van der Waals surface area contributed by atoms with E-state index in [1.807, 2.05) is 25.2 Å². The molecule has 0 amide bonds. The van der Waals surface area contributed by atoms with Crippen molar-refractivity contribution in [2.75, 3.05) is 13.7 Å². The van der Waals surface area contributed by atoms with E-state index in [0.29, 0.717) is 22.2 Å². The van der Waals surface area contributed by atoms with Gasteiger partial charge < -0.3 is 10.1 Å². The molecule has 1 heterocycles. The minimum atomic E-state index is 0.309. The van der Waals surface area contributed by atoms with Gasteiger partial charge in [-0.3, -0.25) is 0 Å². The van der Waals surface area contributed by atoms with Gasteiger partial charge in [-0.1, -0.05) is 29.3 Å². The Bertz CT molecular complexity index is 391. The summed E-state index contributed by atoms with van der Waals surface area (Å²) in [6, 6.07) is 6.14. The molecule has 2 atom stereocenters. The van der Waals surface area contributed by atoms with Crippen LogP contribution in [-0.2, 0) is 4.74 Å². The Morgan fingerprint density at radius 2 is 2.22 bits per heavy atom. The SMILES string of the molecule is CNC(CCC1CCCO1)c1ccc(Cl)c(Cl)c1. The standard InChI is InChI=1S/C14H19Cl2NO/c1-17-14(7-5-11-3-2-8-18-11)10-4-6-12(15)13(16)9-10/h4,6,9,11,14,17H,2-3,5,7-8H2,1H3. The van der Waals surface area contributed by atoms with Crippen molar-refractivity contribution in [1.29, 1.82) is 0 Å². The summed E-state index contributed by atoms with van der Waals surface area (Å²) in [7, 11) is 1.97. The molecule has 0 radical (unpaired) electrons. The lowest BCUT2D eigenvalue weighted by Gasteiger charge is -2.19. The molecule has 100 valence electrons. The van der Waals surface area contributed by atoms with Crippen molar-refractivity contribution in [1.82, 2.24) is 5.32 Å². The predicted octanol–water partition coefficient (Wildman–Crippen LogP) is 4.21. The highest BCUT2D eigenvalue weighted by atomic mass is 35.5. The van der Waals surface area contributed by atoms with Crippen LogP contribution in [0.15, 0.2) is 18.2 Å². The molecule has 2 nitrogen and oxygen atoms in total. The molecule has 1 fully saturated rings. The topological polar surface area (TPSA) is 21.3 Å². The average Bonchev–Trinajstić information content (AvgIpc) is 2.87. The zero-order valence-corrected chi connectivity index (χ0v) is 12.1. The van der Waals surface area contributed by atoms with Gasteiger partial charge in [0.25, 0.3) is 0 Å². The Labute approximate surface area is 119 Å². The van der Waals surface area contributed by atoms with E-state index in [0.717, 1.165) is 19.4 Å². The molecule has 1 saturated heterocycles. The van der Waals surface area contributed by atoms with Crippen LogP contribution in [0.5, 0.6) is 0 Å². The quantitative estimate of drug-likeness (QED) is 0.876. The van der Waals surface area contributed by atoms with Crippen molar-refractivity contribution in [3.63, 3.8) is 0 Å². The summed E-state index contributed by atoms with van der Waals surface area (Å²) < 4.78 is 5.65. The van der Waals surface area contributed by atoms with Gasteiger partial charge in [0.15, 0.2) is 0 Å². The first kappa shape index (κ1) is 14.1. The molecule has 2 rings (SSSR count). The second-order valence-electron chi connectivity index (χ2n) is 4.73. The van der Waals surface area contributed by atoms with Gasteiger partial charge >= 0.3 is 0 Å². The smallest absolute Gasteiger partial charge is 0.0595 e. The largest absolute Gasteiger partial charge is 0.378 e. The Balaban J connectivity index is 1.96. The van der Waals surface area contributed by atoms with Gasteiger partial charge in [-0.25, -0.2) is 0 Å². The second-order valence-corrected chi connectivity index (χ2v) is 5.54. The molecule has 18 heavy (non-hydrogen) atoms. The highest BCUT2D eigenvalue weighted by molar-refractivity contribution is 6.42. The number of hydrogen-bond acceptors (Lipinski definition) is 2. The van der Waals surface area contributed by atoms with Crippen molar-refractivity contribution in [3.05, 3.63) is 33.8 Å². The lowest BCUT2D eigenvalue weighted by molar-refractivity contribution is 0.0998. The van der Waals surface area contributed by atoms with Crippen molar-refractivity contribution in [3.8, 4) is 0 Å². The Kier molecular flexibility index (Phi) is 5.31. The molecule has 1 aromatic rings. The summed E-state index contributed by atoms with van der Waals surface area (Å²) in [6.07, 6.45) is 4.97. The fourth-order valence-electron chi connectivity index (χ4n) is 2.43. The van der Waals surface area contributed by atoms with Gasteiger partial charge in [-0.2, -0.15) is 0 Å². The molecule has 2 unspecified atom stereocenters. The van der Waals surface area contributed by atoms with Crippen LogP contribution < -0.4 is 5.32 Å². The summed E-state index contributed by atoms with van der Waals surface area (Å²) in [4.78, 5) is 0. The molecule has 4 heteroatoms. The Hall–Kier alpha value is -0.280. The number of rotatable bonds is 5. The molecular weight excluding hydrogens is 269 g/mol. The van der Waals surface area contributed by atoms with Crippen LogP contribution in [0.2, 0.25) is 10.0 Å². The summed E-state index contributed by atoms with van der Waals surface area (Å²) in [5.41, 5.74) is 1.19. The van der Waals surface area contributed by atoms with Crippen LogP contribution in [0, 0.1) is 0 Å². The molecule has 1 aliphatic heterocycles. The first-order valence-corrected chi connectivity index (χ1v) is 7.20. The summed E-state index contributed by atoms with van der Waals surface area (Å²) in [5.74, 6) is 0. The molecule has 0 aromatic heterocycles. The van der Waals surface area contributed by atoms with Crippen molar-refractivity contribution >= 4 is 23.2 Å². The predicted molar refractivity (Wildman–Crippen MR) is 76.5 cm³/mol. The highest BCUT2D eigenvalue weighted by Gasteiger charge is 2.18. The monoisotopic (exact) mass is 287 g/mol. The van der Waals surface area contributed by atoms with E-state index in [9.17, 15) is 0 Å². The lowest BCUT2D eigenvalue weighted by Crippen LogP contribution is -2.18. The third-order valence-corrected chi connectivity index (χ3v) is 4.23. The van der Waals surface area contributed by atoms with Gasteiger partial charge in [0, 0.05) is 12.6 Å². The van der Waals surface area contributed by atoms with Crippen LogP contribution in [0.1, 0.15) is 37.3 Å². The van der Waals surface area contributed by atoms with Crippen molar-refractivity contribution in [2.45, 2.75) is 37.8 Å². The summed E-state index contributed by atoms with van der Waals surface area (Å²) >= 11 is 12.0. The van der Waals surface area contributed by atoms with E-state index < -0.39 is 0 Å². The van der Waals surface area contributed by atoms with Crippen LogP contribution in [0.3, 0.4) is 0 Å². The zero-order valence-electron chi connectivity index (χ0n) is 10.6. The number of halogens is 2. The minimum absolute atomic E-state index is 0.309. The van der Waals surface area contributed by atoms with Crippen molar-refractivity contribution < 1.29 is 4.74 Å². The molecule has 1 aromatic carbocycles. The Morgan fingerprint density at radius 1 is 1.39 bits per heavy atom. The highest BCUT2D eigenvalue weighted by Crippen LogP contribution is 2.28. The molecular formula is C14H19Cl2NO. The van der Waals surface area contributed by atoms with Gasteiger partial charge in [0.2, 0.25) is 0 Å². The van der Waals surface area contributed by atoms with Gasteiger partial charge in [0.05, 0.1) is 16.1 Å². The first-order valence-electron chi connectivity index (χ1n) is 6.44. The second kappa shape index (κ2) is 6.76. The van der Waals surface area contributed by atoms with Gasteiger partial charge in [-0.15, -0.1) is 0 Å². The van der Waals surface area contributed by atoms with E-state index >= 15 is 0 Å². The molecule has 0 spiro atoms. The van der Waals surface area contributed by atoms with Gasteiger partial charge in [-0.05, 0) is 50.4 Å². The fraction of sp³-hybridized carbons (Fsp3) is 0.571. The van der Waals surface area contributed by atoms with E-state index in [1.165, 1.54) is 18.4 Å². The van der Waals surface area contributed by atoms with E-state index in [-0.39, 0.29) is 0 Å². The van der Waals surface area contributed by atoms with Crippen LogP contribution >= 0.6 is 23.2 Å². The maximum absolute atomic E-state index is 6.06. The maximum Gasteiger partial charge on any atom is 0.0595 e. The first-order chi connectivity index (χ1) is 8.70. The Morgan fingerprint density at radius 3 is 2.83 bits per heavy atom. The molecule has 0 aliphatic carbocycles. The maximum atomic E-state index is 6.06. The normalized spacial score (nSPS) is 21.2. The summed E-state index contributed by atoms with van der Waals surface area (Å²) in [6.45, 7) is 0.918. The molecule has 0 bridgehead atoms. The minimum Gasteiger partial charge on any atom is -0.378 e. The number of benzene rings is 1. The number of ether oxygens (including phenoxy) is 1. The molecule has 1 aliphatic rings. The lowest BCUT2D eigenvalue weighted by atomic mass is 9.99. The third-order valence-electron chi connectivity index (χ3n) is 3.50. The third kappa shape index (κ3) is 3.61. The summed E-state index contributed by atoms with van der Waals surface area (Å²) in [5, 5.41) is 4.55. The van der Waals surface area contributed by atoms with Crippen LogP contribution in [0.25, 0.3) is 0 Å². The van der Waals surface area contributed by atoms with Crippen LogP contribution in [0.4, 0.5) is 0 Å². The van der Waals surface area contributed by atoms with Gasteiger partial charge in [0.1, 0.15) is 0 Å². The van der Waals surface area contributed by atoms with E-state index in [4.69, 9.17) is 27.9 Å². The molecule has 0 saturated carbocycles. The zero-order chi connectivity index (χ0) is 13.0. The van der Waals surface area contributed by atoms with E-state index in [1.54, 1.807) is 0 Å². The fourth-order valence-corrected chi connectivity index (χ4v) is 2.74. The average molecular weight is 288 g/mol. The number of hydrogen-bond donors (Lipinski definition) is 1. The van der Waals surface area contributed by atoms with Crippen molar-refractivity contribution in [2.24, 2.45) is 0 Å².